The van der Waals surface area contributed by atoms with Crippen molar-refractivity contribution in [2.75, 3.05) is 6.54 Å². The van der Waals surface area contributed by atoms with Crippen molar-refractivity contribution >= 4 is 17.5 Å². The quantitative estimate of drug-likeness (QED) is 0.462. The maximum atomic E-state index is 12.0. The summed E-state index contributed by atoms with van der Waals surface area (Å²) in [5, 5.41) is 15.5. The van der Waals surface area contributed by atoms with Gasteiger partial charge in [0, 0.05) is 24.3 Å². The second kappa shape index (κ2) is 9.39. The van der Waals surface area contributed by atoms with Crippen molar-refractivity contribution in [3.8, 4) is 6.07 Å². The highest BCUT2D eigenvalue weighted by molar-refractivity contribution is 6.30. The number of halogens is 1. The van der Waals surface area contributed by atoms with Crippen LogP contribution in [0.4, 0.5) is 0 Å². The molecule has 0 heterocycles. The first kappa shape index (κ1) is 17.6. The fourth-order valence-corrected chi connectivity index (χ4v) is 2.32. The fourth-order valence-electron chi connectivity index (χ4n) is 2.11. The molecule has 0 bridgehead atoms. The van der Waals surface area contributed by atoms with Crippen LogP contribution in [0, 0.1) is 11.3 Å². The minimum atomic E-state index is -0.392. The molecule has 2 aromatic carbocycles. The van der Waals surface area contributed by atoms with Gasteiger partial charge in [0.25, 0.3) is 5.91 Å². The first-order chi connectivity index (χ1) is 11.7. The number of carbonyl (C=O) groups is 1. The molecule has 2 rings (SSSR count). The van der Waals surface area contributed by atoms with Crippen molar-refractivity contribution in [2.24, 2.45) is 0 Å². The van der Waals surface area contributed by atoms with Crippen molar-refractivity contribution in [3.63, 3.8) is 0 Å². The van der Waals surface area contributed by atoms with Crippen molar-refractivity contribution in [1.82, 2.24) is 10.6 Å². The highest BCUT2D eigenvalue weighted by Gasteiger charge is 2.07. The number of nitrogens with zero attached hydrogens (tertiary/aromatic N) is 1. The van der Waals surface area contributed by atoms with Gasteiger partial charge in [0.05, 0.1) is 0 Å². The number of nitriles is 1. The molecule has 0 fully saturated rings. The molecule has 122 valence electrons. The van der Waals surface area contributed by atoms with Crippen LogP contribution in [0.25, 0.3) is 0 Å². The number of hydrogen-bond acceptors (Lipinski definition) is 3. The fraction of sp³-hybridized carbons (Fsp3) is 0.158. The molecule has 0 aliphatic carbocycles. The van der Waals surface area contributed by atoms with Gasteiger partial charge in [0.1, 0.15) is 11.6 Å². The maximum absolute atomic E-state index is 12.0. The number of rotatable bonds is 7. The molecule has 2 N–H and O–H groups in total. The van der Waals surface area contributed by atoms with E-state index in [9.17, 15) is 4.79 Å². The van der Waals surface area contributed by atoms with Gasteiger partial charge in [-0.05, 0) is 29.7 Å². The summed E-state index contributed by atoms with van der Waals surface area (Å²) in [6.07, 6.45) is 2.20. The van der Waals surface area contributed by atoms with Crippen LogP contribution in [0.15, 0.2) is 66.4 Å². The highest BCUT2D eigenvalue weighted by Crippen LogP contribution is 2.10. The lowest BCUT2D eigenvalue weighted by molar-refractivity contribution is -0.117. The van der Waals surface area contributed by atoms with E-state index in [1.807, 2.05) is 60.7 Å². The Morgan fingerprint density at radius 1 is 1.12 bits per heavy atom. The van der Waals surface area contributed by atoms with E-state index in [2.05, 4.69) is 10.6 Å². The van der Waals surface area contributed by atoms with E-state index >= 15 is 0 Å². The van der Waals surface area contributed by atoms with Crippen LogP contribution >= 0.6 is 11.6 Å². The van der Waals surface area contributed by atoms with E-state index in [1.54, 1.807) is 0 Å². The van der Waals surface area contributed by atoms with E-state index in [0.717, 1.165) is 17.5 Å². The molecule has 5 heteroatoms. The van der Waals surface area contributed by atoms with Crippen LogP contribution in [0.2, 0.25) is 5.02 Å². The molecule has 2 aromatic rings. The van der Waals surface area contributed by atoms with Crippen molar-refractivity contribution in [1.29, 1.82) is 5.26 Å². The second-order valence-electron chi connectivity index (χ2n) is 5.17. The average Bonchev–Trinajstić information content (AvgIpc) is 2.61. The molecular formula is C19H18ClN3O. The van der Waals surface area contributed by atoms with Gasteiger partial charge in [-0.25, -0.2) is 0 Å². The Kier molecular flexibility index (Phi) is 6.88. The Balaban J connectivity index is 1.80. The number of carbonyl (C=O) groups excluding carboxylic acids is 1. The van der Waals surface area contributed by atoms with Crippen LogP contribution in [-0.4, -0.2) is 12.5 Å². The molecule has 0 spiro atoms. The molecule has 0 unspecified atom stereocenters. The van der Waals surface area contributed by atoms with Gasteiger partial charge in [-0.2, -0.15) is 5.26 Å². The molecule has 0 saturated carbocycles. The summed E-state index contributed by atoms with van der Waals surface area (Å²) in [4.78, 5) is 12.0. The Hall–Kier alpha value is -2.77. The van der Waals surface area contributed by atoms with Crippen LogP contribution < -0.4 is 10.6 Å². The molecule has 1 amide bonds. The standard InChI is InChI=1S/C19H18ClN3O/c20-18-8-4-7-15(11-18)9-10-22-14-17(12-21)19(24)23-13-16-5-2-1-3-6-16/h1-8,11,14,22H,9-10,13H2,(H,23,24)/b17-14-. The molecule has 0 atom stereocenters. The molecule has 0 aromatic heterocycles. The number of nitrogens with one attached hydrogen (secondary N) is 2. The Morgan fingerprint density at radius 2 is 1.88 bits per heavy atom. The lowest BCUT2D eigenvalue weighted by Gasteiger charge is -2.06. The normalized spacial score (nSPS) is 10.8. The number of amides is 1. The van der Waals surface area contributed by atoms with Gasteiger partial charge in [0.2, 0.25) is 0 Å². The number of benzene rings is 2. The van der Waals surface area contributed by atoms with Gasteiger partial charge >= 0.3 is 0 Å². The van der Waals surface area contributed by atoms with Gasteiger partial charge in [-0.3, -0.25) is 4.79 Å². The minimum Gasteiger partial charge on any atom is -0.389 e. The zero-order valence-corrected chi connectivity index (χ0v) is 13.9. The molecule has 0 saturated heterocycles. The van der Waals surface area contributed by atoms with E-state index in [0.29, 0.717) is 18.1 Å². The van der Waals surface area contributed by atoms with E-state index in [4.69, 9.17) is 16.9 Å². The second-order valence-corrected chi connectivity index (χ2v) is 5.61. The first-order valence-electron chi connectivity index (χ1n) is 7.59. The van der Waals surface area contributed by atoms with Crippen LogP contribution in [0.1, 0.15) is 11.1 Å². The van der Waals surface area contributed by atoms with Gasteiger partial charge in [-0.15, -0.1) is 0 Å². The largest absolute Gasteiger partial charge is 0.389 e. The van der Waals surface area contributed by atoms with Gasteiger partial charge in [0.15, 0.2) is 0 Å². The third kappa shape index (κ3) is 5.79. The zero-order chi connectivity index (χ0) is 17.2. The van der Waals surface area contributed by atoms with E-state index < -0.39 is 5.91 Å². The van der Waals surface area contributed by atoms with Crippen molar-refractivity contribution < 1.29 is 4.79 Å². The summed E-state index contributed by atoms with van der Waals surface area (Å²) < 4.78 is 0. The predicted octanol–water partition coefficient (Wildman–Crippen LogP) is 3.20. The molecule has 24 heavy (non-hydrogen) atoms. The summed E-state index contributed by atoms with van der Waals surface area (Å²) in [7, 11) is 0. The topological polar surface area (TPSA) is 64.9 Å². The number of hydrogen-bond donors (Lipinski definition) is 2. The van der Waals surface area contributed by atoms with Crippen LogP contribution in [-0.2, 0) is 17.8 Å². The lowest BCUT2D eigenvalue weighted by Crippen LogP contribution is -2.25. The highest BCUT2D eigenvalue weighted by atomic mass is 35.5. The smallest absolute Gasteiger partial charge is 0.263 e. The predicted molar refractivity (Wildman–Crippen MR) is 95.1 cm³/mol. The Labute approximate surface area is 146 Å². The van der Waals surface area contributed by atoms with Crippen LogP contribution in [0.5, 0.6) is 0 Å². The monoisotopic (exact) mass is 339 g/mol. The van der Waals surface area contributed by atoms with Crippen LogP contribution in [0.3, 0.4) is 0 Å². The molecular weight excluding hydrogens is 322 g/mol. The molecule has 4 nitrogen and oxygen atoms in total. The average molecular weight is 340 g/mol. The summed E-state index contributed by atoms with van der Waals surface area (Å²) in [6, 6.07) is 19.1. The third-order valence-corrected chi connectivity index (χ3v) is 3.59. The van der Waals surface area contributed by atoms with Crippen molar-refractivity contribution in [2.45, 2.75) is 13.0 Å². The van der Waals surface area contributed by atoms with E-state index in [-0.39, 0.29) is 5.57 Å². The van der Waals surface area contributed by atoms with Gasteiger partial charge < -0.3 is 10.6 Å². The Bertz CT molecular complexity index is 751. The SMILES string of the molecule is N#C/C(=C/NCCc1cccc(Cl)c1)C(=O)NCc1ccccc1. The zero-order valence-electron chi connectivity index (χ0n) is 13.1. The summed E-state index contributed by atoms with van der Waals surface area (Å²) in [5.41, 5.74) is 2.13. The lowest BCUT2D eigenvalue weighted by atomic mass is 10.1. The summed E-state index contributed by atoms with van der Waals surface area (Å²) >= 11 is 5.93. The molecule has 0 aliphatic heterocycles. The van der Waals surface area contributed by atoms with Gasteiger partial charge in [-0.1, -0.05) is 54.1 Å². The molecule has 0 aliphatic rings. The maximum Gasteiger partial charge on any atom is 0.263 e. The summed E-state index contributed by atoms with van der Waals surface area (Å²) in [5.74, 6) is -0.392. The minimum absolute atomic E-state index is 0.0528. The van der Waals surface area contributed by atoms with Crippen molar-refractivity contribution in [3.05, 3.63) is 82.5 Å². The molecule has 0 radical (unpaired) electrons. The third-order valence-electron chi connectivity index (χ3n) is 3.35. The first-order valence-corrected chi connectivity index (χ1v) is 7.97. The van der Waals surface area contributed by atoms with E-state index in [1.165, 1.54) is 6.20 Å². The Morgan fingerprint density at radius 3 is 2.58 bits per heavy atom. The summed E-state index contributed by atoms with van der Waals surface area (Å²) in [6.45, 7) is 0.999.